The van der Waals surface area contributed by atoms with Gasteiger partial charge in [-0.05, 0) is 19.5 Å². The van der Waals surface area contributed by atoms with E-state index in [1.54, 1.807) is 6.07 Å². The van der Waals surface area contributed by atoms with Gasteiger partial charge in [-0.1, -0.05) is 18.9 Å². The van der Waals surface area contributed by atoms with Crippen molar-refractivity contribution in [1.29, 1.82) is 0 Å². The van der Waals surface area contributed by atoms with E-state index in [0.29, 0.717) is 18.9 Å². The monoisotopic (exact) mass is 290 g/mol. The smallest absolute Gasteiger partial charge is 0.258 e. The number of carbonyl (C=O) groups excluding carboxylic acids is 1. The van der Waals surface area contributed by atoms with E-state index in [1.165, 1.54) is 0 Å². The Balaban J connectivity index is 2.71. The first kappa shape index (κ1) is 16.9. The Bertz CT molecular complexity index is 495. The molecule has 0 saturated heterocycles. The van der Waals surface area contributed by atoms with Gasteiger partial charge >= 0.3 is 0 Å². The van der Waals surface area contributed by atoms with Crippen LogP contribution in [-0.2, 0) is 11.3 Å². The summed E-state index contributed by atoms with van der Waals surface area (Å²) in [6.45, 7) is 3.46. The number of hydrogen-bond donors (Lipinski definition) is 2. The van der Waals surface area contributed by atoms with Gasteiger partial charge in [-0.3, -0.25) is 4.79 Å². The summed E-state index contributed by atoms with van der Waals surface area (Å²) in [5.41, 5.74) is 0.964. The van der Waals surface area contributed by atoms with Crippen LogP contribution in [0.4, 0.5) is 0 Å². The van der Waals surface area contributed by atoms with Crippen LogP contribution in [0, 0.1) is 12.3 Å². The van der Waals surface area contributed by atoms with Crippen molar-refractivity contribution in [3.05, 3.63) is 23.8 Å². The van der Waals surface area contributed by atoms with Crippen LogP contribution in [0.25, 0.3) is 0 Å². The maximum atomic E-state index is 11.5. The normalized spacial score (nSPS) is 9.76. The molecule has 0 aliphatic rings. The quantitative estimate of drug-likeness (QED) is 0.674. The lowest BCUT2D eigenvalue weighted by Gasteiger charge is -2.13. The number of amides is 1. The van der Waals surface area contributed by atoms with Crippen molar-refractivity contribution in [2.24, 2.45) is 0 Å². The first-order valence-electron chi connectivity index (χ1n) is 6.94. The molecule has 0 aliphatic carbocycles. The molecule has 0 unspecified atom stereocenters. The number of rotatable bonds is 9. The Kier molecular flexibility index (Phi) is 7.77. The molecule has 0 fully saturated rings. The highest BCUT2D eigenvalue weighted by Crippen LogP contribution is 2.25. The minimum absolute atomic E-state index is 0.0738. The molecule has 0 bridgehead atoms. The van der Waals surface area contributed by atoms with Crippen LogP contribution in [0.15, 0.2) is 18.2 Å². The highest BCUT2D eigenvalue weighted by Gasteiger charge is 2.08. The molecule has 1 rings (SSSR count). The zero-order valence-corrected chi connectivity index (χ0v) is 12.6. The summed E-state index contributed by atoms with van der Waals surface area (Å²) in [5, 5.41) is 5.62. The zero-order chi connectivity index (χ0) is 15.5. The van der Waals surface area contributed by atoms with Gasteiger partial charge in [0.25, 0.3) is 5.91 Å². The molecular formula is C16H22N2O3. The Morgan fingerprint density at radius 3 is 2.86 bits per heavy atom. The maximum absolute atomic E-state index is 11.5. The maximum Gasteiger partial charge on any atom is 0.258 e. The molecule has 0 radical (unpaired) electrons. The number of terminal acetylenes is 1. The van der Waals surface area contributed by atoms with Gasteiger partial charge in [-0.25, -0.2) is 0 Å². The first-order valence-corrected chi connectivity index (χ1v) is 6.94. The second-order valence-corrected chi connectivity index (χ2v) is 4.42. The molecule has 0 heterocycles. The summed E-state index contributed by atoms with van der Waals surface area (Å²) >= 11 is 0. The van der Waals surface area contributed by atoms with E-state index in [2.05, 4.69) is 16.6 Å². The van der Waals surface area contributed by atoms with Gasteiger partial charge in [0.05, 0.1) is 13.2 Å². The highest BCUT2D eigenvalue weighted by molar-refractivity contribution is 5.77. The number of ether oxygens (including phenoxy) is 2. The summed E-state index contributed by atoms with van der Waals surface area (Å²) in [7, 11) is 1.85. The number of carbonyl (C=O) groups is 1. The minimum atomic E-state index is -0.247. The summed E-state index contributed by atoms with van der Waals surface area (Å²) in [6, 6.07) is 5.63. The molecule has 1 aromatic rings. The van der Waals surface area contributed by atoms with E-state index < -0.39 is 0 Å². The molecule has 5 heteroatoms. The van der Waals surface area contributed by atoms with Crippen LogP contribution < -0.4 is 20.1 Å². The summed E-state index contributed by atoms with van der Waals surface area (Å²) in [5.74, 6) is 3.46. The second kappa shape index (κ2) is 9.67. The zero-order valence-electron chi connectivity index (χ0n) is 12.6. The third-order valence-electron chi connectivity index (χ3n) is 2.63. The van der Waals surface area contributed by atoms with Crippen molar-refractivity contribution in [2.45, 2.75) is 19.9 Å². The fraction of sp³-hybridized carbons (Fsp3) is 0.438. The molecule has 0 atom stereocenters. The summed E-state index contributed by atoms with van der Waals surface area (Å²) < 4.78 is 11.1. The number of hydrogen-bond acceptors (Lipinski definition) is 4. The SMILES string of the molecule is C#CCNC(=O)COc1cc(OCCC)ccc1CNC. The van der Waals surface area contributed by atoms with Gasteiger partial charge in [0.1, 0.15) is 11.5 Å². The van der Waals surface area contributed by atoms with Crippen LogP contribution in [0.2, 0.25) is 0 Å². The van der Waals surface area contributed by atoms with Crippen molar-refractivity contribution in [2.75, 3.05) is 26.8 Å². The van der Waals surface area contributed by atoms with Gasteiger partial charge in [0.2, 0.25) is 0 Å². The van der Waals surface area contributed by atoms with E-state index in [9.17, 15) is 4.79 Å². The molecule has 1 aromatic carbocycles. The molecular weight excluding hydrogens is 268 g/mol. The van der Waals surface area contributed by atoms with Gasteiger partial charge < -0.3 is 20.1 Å². The summed E-state index contributed by atoms with van der Waals surface area (Å²) in [6.07, 6.45) is 6.02. The van der Waals surface area contributed by atoms with Gasteiger partial charge in [-0.15, -0.1) is 6.42 Å². The Labute approximate surface area is 126 Å². The minimum Gasteiger partial charge on any atom is -0.493 e. The summed E-state index contributed by atoms with van der Waals surface area (Å²) in [4.78, 5) is 11.5. The van der Waals surface area contributed by atoms with Crippen molar-refractivity contribution < 1.29 is 14.3 Å². The first-order chi connectivity index (χ1) is 10.2. The van der Waals surface area contributed by atoms with Crippen molar-refractivity contribution in [3.8, 4) is 23.8 Å². The topological polar surface area (TPSA) is 59.6 Å². The van der Waals surface area contributed by atoms with Gasteiger partial charge in [-0.2, -0.15) is 0 Å². The average Bonchev–Trinajstić information content (AvgIpc) is 2.50. The van der Waals surface area contributed by atoms with Gasteiger partial charge in [0, 0.05) is 18.2 Å². The van der Waals surface area contributed by atoms with E-state index in [0.717, 1.165) is 17.7 Å². The van der Waals surface area contributed by atoms with Crippen LogP contribution in [0.3, 0.4) is 0 Å². The lowest BCUT2D eigenvalue weighted by atomic mass is 10.2. The fourth-order valence-corrected chi connectivity index (χ4v) is 1.66. The Morgan fingerprint density at radius 1 is 1.38 bits per heavy atom. The fourth-order valence-electron chi connectivity index (χ4n) is 1.66. The molecule has 0 aromatic heterocycles. The Morgan fingerprint density at radius 2 is 2.19 bits per heavy atom. The molecule has 0 spiro atoms. The predicted octanol–water partition coefficient (Wildman–Crippen LogP) is 1.32. The van der Waals surface area contributed by atoms with Gasteiger partial charge in [0.15, 0.2) is 6.61 Å². The predicted molar refractivity (Wildman–Crippen MR) is 82.3 cm³/mol. The molecule has 0 saturated carbocycles. The number of benzene rings is 1. The van der Waals surface area contributed by atoms with E-state index >= 15 is 0 Å². The van der Waals surface area contributed by atoms with Crippen LogP contribution in [0.1, 0.15) is 18.9 Å². The van der Waals surface area contributed by atoms with E-state index in [-0.39, 0.29) is 19.1 Å². The number of nitrogens with one attached hydrogen (secondary N) is 2. The van der Waals surface area contributed by atoms with Crippen LogP contribution in [-0.4, -0.2) is 32.7 Å². The van der Waals surface area contributed by atoms with E-state index in [4.69, 9.17) is 15.9 Å². The largest absolute Gasteiger partial charge is 0.493 e. The third kappa shape index (κ3) is 6.19. The lowest BCUT2D eigenvalue weighted by molar-refractivity contribution is -0.122. The second-order valence-electron chi connectivity index (χ2n) is 4.42. The van der Waals surface area contributed by atoms with Crippen molar-refractivity contribution in [1.82, 2.24) is 10.6 Å². The lowest BCUT2D eigenvalue weighted by Crippen LogP contribution is -2.29. The molecule has 2 N–H and O–H groups in total. The standard InChI is InChI=1S/C16H22N2O3/c1-4-8-18-16(19)12-21-15-10-14(20-9-5-2)7-6-13(15)11-17-3/h1,6-7,10,17H,5,8-9,11-12H2,2-3H3,(H,18,19). The van der Waals surface area contributed by atoms with Crippen molar-refractivity contribution in [3.63, 3.8) is 0 Å². The molecule has 0 aliphatic heterocycles. The van der Waals surface area contributed by atoms with Crippen molar-refractivity contribution >= 4 is 5.91 Å². The van der Waals surface area contributed by atoms with E-state index in [1.807, 2.05) is 26.1 Å². The molecule has 21 heavy (non-hydrogen) atoms. The molecule has 1 amide bonds. The average molecular weight is 290 g/mol. The third-order valence-corrected chi connectivity index (χ3v) is 2.63. The van der Waals surface area contributed by atoms with Crippen LogP contribution >= 0.6 is 0 Å². The molecule has 114 valence electrons. The highest BCUT2D eigenvalue weighted by atomic mass is 16.5. The molecule has 5 nitrogen and oxygen atoms in total. The Hall–Kier alpha value is -2.19. The van der Waals surface area contributed by atoms with Crippen LogP contribution in [0.5, 0.6) is 11.5 Å².